The highest BCUT2D eigenvalue weighted by atomic mass is 16.5. The number of benzene rings is 2. The van der Waals surface area contributed by atoms with Crippen LogP contribution in [0.15, 0.2) is 59.9 Å². The lowest BCUT2D eigenvalue weighted by atomic mass is 10.1. The SMILES string of the molecule is C#Cc1ccc2c(c1)-c1nnc(COC)n1Cc1c(C3=N[C@@H](c4ccccc4)CO3)ncn1-2. The predicted octanol–water partition coefficient (Wildman–Crippen LogP) is 3.14. The third-order valence-corrected chi connectivity index (χ3v) is 5.98. The van der Waals surface area contributed by atoms with Crippen LogP contribution in [-0.2, 0) is 22.6 Å². The van der Waals surface area contributed by atoms with Crippen molar-refractivity contribution in [2.45, 2.75) is 19.2 Å². The Bertz CT molecular complexity index is 1430. The van der Waals surface area contributed by atoms with Crippen LogP contribution in [0.25, 0.3) is 17.1 Å². The number of rotatable bonds is 4. The molecule has 33 heavy (non-hydrogen) atoms. The van der Waals surface area contributed by atoms with Crippen LogP contribution in [0.1, 0.15) is 34.4 Å². The summed E-state index contributed by atoms with van der Waals surface area (Å²) < 4.78 is 15.5. The minimum atomic E-state index is -0.0515. The Hall–Kier alpha value is -4.22. The molecule has 162 valence electrons. The molecule has 8 nitrogen and oxygen atoms in total. The number of methoxy groups -OCH3 is 1. The second-order valence-corrected chi connectivity index (χ2v) is 7.92. The second-order valence-electron chi connectivity index (χ2n) is 7.92. The first kappa shape index (κ1) is 19.5. The molecule has 4 heterocycles. The number of hydrogen-bond donors (Lipinski definition) is 0. The van der Waals surface area contributed by atoms with Gasteiger partial charge in [-0.25, -0.2) is 9.98 Å². The molecule has 2 aliphatic heterocycles. The largest absolute Gasteiger partial charge is 0.474 e. The zero-order valence-corrected chi connectivity index (χ0v) is 18.0. The van der Waals surface area contributed by atoms with Crippen molar-refractivity contribution in [3.05, 3.63) is 83.2 Å². The number of ether oxygens (including phenoxy) is 2. The van der Waals surface area contributed by atoms with Gasteiger partial charge in [0.25, 0.3) is 0 Å². The van der Waals surface area contributed by atoms with Gasteiger partial charge in [-0.15, -0.1) is 16.6 Å². The number of fused-ring (bicyclic) bond motifs is 5. The summed E-state index contributed by atoms with van der Waals surface area (Å²) in [7, 11) is 1.64. The summed E-state index contributed by atoms with van der Waals surface area (Å²) in [5.41, 5.74) is 5.36. The van der Waals surface area contributed by atoms with Crippen LogP contribution < -0.4 is 0 Å². The molecule has 0 bridgehead atoms. The van der Waals surface area contributed by atoms with Gasteiger partial charge in [0.05, 0.1) is 17.9 Å². The highest BCUT2D eigenvalue weighted by Crippen LogP contribution is 2.34. The molecule has 4 aromatic rings. The summed E-state index contributed by atoms with van der Waals surface area (Å²) in [4.78, 5) is 9.56. The molecular weight excluding hydrogens is 416 g/mol. The molecule has 0 spiro atoms. The van der Waals surface area contributed by atoms with E-state index in [0.29, 0.717) is 31.4 Å². The predicted molar refractivity (Wildman–Crippen MR) is 122 cm³/mol. The Morgan fingerprint density at radius 2 is 2.06 bits per heavy atom. The molecule has 8 heteroatoms. The van der Waals surface area contributed by atoms with Crippen molar-refractivity contribution in [3.63, 3.8) is 0 Å². The number of nitrogens with zero attached hydrogens (tertiary/aromatic N) is 6. The van der Waals surface area contributed by atoms with E-state index in [1.165, 1.54) is 0 Å². The maximum Gasteiger partial charge on any atom is 0.238 e. The van der Waals surface area contributed by atoms with Crippen molar-refractivity contribution in [2.75, 3.05) is 13.7 Å². The number of imidazole rings is 1. The second kappa shape index (κ2) is 7.73. The molecule has 0 amide bonds. The van der Waals surface area contributed by atoms with Gasteiger partial charge in [0.1, 0.15) is 31.3 Å². The van der Waals surface area contributed by atoms with E-state index in [0.717, 1.165) is 39.7 Å². The van der Waals surface area contributed by atoms with E-state index >= 15 is 0 Å². The molecule has 2 aromatic carbocycles. The Kier molecular flexibility index (Phi) is 4.56. The lowest BCUT2D eigenvalue weighted by Crippen LogP contribution is -2.13. The van der Waals surface area contributed by atoms with Crippen molar-refractivity contribution in [2.24, 2.45) is 4.99 Å². The van der Waals surface area contributed by atoms with Gasteiger partial charge < -0.3 is 14.0 Å². The van der Waals surface area contributed by atoms with Gasteiger partial charge in [-0.3, -0.25) is 4.57 Å². The first-order valence-corrected chi connectivity index (χ1v) is 10.6. The summed E-state index contributed by atoms with van der Waals surface area (Å²) in [6, 6.07) is 16.0. The van der Waals surface area contributed by atoms with Crippen LogP contribution in [0, 0.1) is 12.3 Å². The van der Waals surface area contributed by atoms with Crippen molar-refractivity contribution in [3.8, 4) is 29.4 Å². The van der Waals surface area contributed by atoms with Crippen molar-refractivity contribution in [1.29, 1.82) is 0 Å². The van der Waals surface area contributed by atoms with E-state index in [-0.39, 0.29) is 6.04 Å². The van der Waals surface area contributed by atoms with E-state index < -0.39 is 0 Å². The van der Waals surface area contributed by atoms with Gasteiger partial charge in [0.2, 0.25) is 5.90 Å². The van der Waals surface area contributed by atoms with E-state index in [9.17, 15) is 0 Å². The highest BCUT2D eigenvalue weighted by molar-refractivity contribution is 5.95. The molecule has 1 atom stereocenters. The van der Waals surface area contributed by atoms with Gasteiger partial charge in [0, 0.05) is 18.2 Å². The zero-order chi connectivity index (χ0) is 22.4. The summed E-state index contributed by atoms with van der Waals surface area (Å²) in [5, 5.41) is 8.83. The lowest BCUT2D eigenvalue weighted by molar-refractivity contribution is 0.174. The highest BCUT2D eigenvalue weighted by Gasteiger charge is 2.30. The number of terminal acetylenes is 1. The third kappa shape index (κ3) is 3.13. The van der Waals surface area contributed by atoms with Crippen LogP contribution >= 0.6 is 0 Å². The summed E-state index contributed by atoms with van der Waals surface area (Å²) >= 11 is 0. The summed E-state index contributed by atoms with van der Waals surface area (Å²) in [6.07, 6.45) is 7.48. The van der Waals surface area contributed by atoms with Gasteiger partial charge in [-0.2, -0.15) is 0 Å². The zero-order valence-electron chi connectivity index (χ0n) is 18.0. The van der Waals surface area contributed by atoms with Crippen LogP contribution in [0.2, 0.25) is 0 Å². The monoisotopic (exact) mass is 436 g/mol. The first-order chi connectivity index (χ1) is 16.3. The smallest absolute Gasteiger partial charge is 0.238 e. The molecule has 0 fully saturated rings. The Morgan fingerprint density at radius 1 is 1.18 bits per heavy atom. The Balaban J connectivity index is 1.50. The van der Waals surface area contributed by atoms with Gasteiger partial charge in [-0.05, 0) is 23.8 Å². The molecule has 2 aromatic heterocycles. The number of hydrogen-bond acceptors (Lipinski definition) is 6. The molecule has 0 N–H and O–H groups in total. The van der Waals surface area contributed by atoms with Crippen LogP contribution in [0.5, 0.6) is 0 Å². The first-order valence-electron chi connectivity index (χ1n) is 10.6. The summed E-state index contributed by atoms with van der Waals surface area (Å²) in [6.45, 7) is 1.32. The van der Waals surface area contributed by atoms with E-state index in [2.05, 4.69) is 32.8 Å². The van der Waals surface area contributed by atoms with Crippen molar-refractivity contribution < 1.29 is 9.47 Å². The molecule has 0 unspecified atom stereocenters. The molecule has 2 aliphatic rings. The van der Waals surface area contributed by atoms with Crippen LogP contribution in [0.3, 0.4) is 0 Å². The minimum Gasteiger partial charge on any atom is -0.474 e. The molecular formula is C25H20N6O2. The number of aromatic nitrogens is 5. The molecule has 0 aliphatic carbocycles. The van der Waals surface area contributed by atoms with Crippen LogP contribution in [-0.4, -0.2) is 43.9 Å². The number of aliphatic imine (C=N–C) groups is 1. The van der Waals surface area contributed by atoms with Crippen molar-refractivity contribution >= 4 is 5.90 Å². The fourth-order valence-corrected chi connectivity index (χ4v) is 4.36. The molecule has 0 saturated carbocycles. The van der Waals surface area contributed by atoms with Crippen molar-refractivity contribution in [1.82, 2.24) is 24.3 Å². The molecule has 6 rings (SSSR count). The van der Waals surface area contributed by atoms with E-state index in [1.54, 1.807) is 13.4 Å². The topological polar surface area (TPSA) is 79.3 Å². The van der Waals surface area contributed by atoms with E-state index in [1.807, 2.05) is 41.0 Å². The minimum absolute atomic E-state index is 0.0515. The fourth-order valence-electron chi connectivity index (χ4n) is 4.36. The van der Waals surface area contributed by atoms with Gasteiger partial charge >= 0.3 is 0 Å². The average molecular weight is 436 g/mol. The third-order valence-electron chi connectivity index (χ3n) is 5.98. The fraction of sp³-hybridized carbons (Fsp3) is 0.200. The summed E-state index contributed by atoms with van der Waals surface area (Å²) in [5.74, 6) is 4.71. The van der Waals surface area contributed by atoms with Crippen LogP contribution in [0.4, 0.5) is 0 Å². The maximum atomic E-state index is 6.03. The van der Waals surface area contributed by atoms with Gasteiger partial charge in [0.15, 0.2) is 11.6 Å². The average Bonchev–Trinajstić information content (AvgIpc) is 3.57. The molecule has 0 saturated heterocycles. The maximum absolute atomic E-state index is 6.03. The Labute approximate surface area is 190 Å². The molecule has 0 radical (unpaired) electrons. The normalized spacial score (nSPS) is 16.1. The van der Waals surface area contributed by atoms with Gasteiger partial charge in [-0.1, -0.05) is 36.3 Å². The lowest BCUT2D eigenvalue weighted by Gasteiger charge is -2.09. The quantitative estimate of drug-likeness (QED) is 0.405. The Morgan fingerprint density at radius 3 is 2.88 bits per heavy atom. The van der Waals surface area contributed by atoms with E-state index in [4.69, 9.17) is 25.9 Å². The standard InChI is InChI=1S/C25H20N6O2/c1-3-16-9-10-20-18(11-16)24-29-28-22(14-32-2)30(24)12-21-23(26-15-31(20)21)25-27-19(13-33-25)17-7-5-4-6-8-17/h1,4-11,15,19H,12-14H2,2H3/t19-/m1/s1.